The van der Waals surface area contributed by atoms with E-state index in [1.54, 1.807) is 0 Å². The van der Waals surface area contributed by atoms with E-state index in [2.05, 4.69) is 45.1 Å². The smallest absolute Gasteiger partial charge is 0.306 e. The minimum atomic E-state index is -0.768. The first-order valence-electron chi connectivity index (χ1n) is 30.3. The zero-order chi connectivity index (χ0) is 49.3. The third-order valence-electron chi connectivity index (χ3n) is 13.7. The highest BCUT2D eigenvalue weighted by atomic mass is 16.6. The molecule has 0 heterocycles. The molecule has 6 nitrogen and oxygen atoms in total. The Morgan fingerprint density at radius 3 is 0.838 bits per heavy atom. The quantitative estimate of drug-likeness (QED) is 0.0262. The number of carbonyl (C=O) groups is 3. The van der Waals surface area contributed by atoms with E-state index in [9.17, 15) is 14.4 Å². The van der Waals surface area contributed by atoms with Gasteiger partial charge in [-0.3, -0.25) is 14.4 Å². The van der Waals surface area contributed by atoms with Gasteiger partial charge < -0.3 is 14.2 Å². The molecular formula is C62H116O6. The van der Waals surface area contributed by atoms with E-state index in [0.29, 0.717) is 19.3 Å². The summed E-state index contributed by atoms with van der Waals surface area (Å²) in [6.45, 7) is 6.67. The maximum absolute atomic E-state index is 12.9. The predicted molar refractivity (Wildman–Crippen MR) is 293 cm³/mol. The number of rotatable bonds is 56. The lowest BCUT2D eigenvalue weighted by Gasteiger charge is -2.18. The van der Waals surface area contributed by atoms with Crippen LogP contribution in [0.25, 0.3) is 0 Å². The van der Waals surface area contributed by atoms with E-state index in [1.165, 1.54) is 231 Å². The molecule has 0 fully saturated rings. The lowest BCUT2D eigenvalue weighted by atomic mass is 10.0. The maximum atomic E-state index is 12.9. The Hall–Kier alpha value is -2.11. The van der Waals surface area contributed by atoms with Crippen LogP contribution < -0.4 is 0 Å². The molecule has 0 saturated heterocycles. The molecule has 6 heteroatoms. The summed E-state index contributed by atoms with van der Waals surface area (Å²) in [6, 6.07) is 0. The number of unbranched alkanes of at least 4 members (excludes halogenated alkanes) is 41. The molecule has 0 aromatic carbocycles. The number of hydrogen-bond donors (Lipinski definition) is 0. The molecule has 400 valence electrons. The van der Waals surface area contributed by atoms with Gasteiger partial charge in [0.15, 0.2) is 6.10 Å². The largest absolute Gasteiger partial charge is 0.462 e. The third-order valence-corrected chi connectivity index (χ3v) is 13.7. The second kappa shape index (κ2) is 57.5. The maximum Gasteiger partial charge on any atom is 0.306 e. The molecule has 1 atom stereocenters. The predicted octanol–water partition coefficient (Wildman–Crippen LogP) is 20.3. The molecule has 0 rings (SSSR count). The van der Waals surface area contributed by atoms with Crippen LogP contribution in [0.2, 0.25) is 0 Å². The highest BCUT2D eigenvalue weighted by Gasteiger charge is 2.19. The van der Waals surface area contributed by atoms with Gasteiger partial charge >= 0.3 is 17.9 Å². The van der Waals surface area contributed by atoms with Gasteiger partial charge in [-0.25, -0.2) is 0 Å². The van der Waals surface area contributed by atoms with Gasteiger partial charge in [-0.05, 0) is 51.4 Å². The molecule has 0 aromatic heterocycles. The molecule has 68 heavy (non-hydrogen) atoms. The van der Waals surface area contributed by atoms with Crippen LogP contribution in [0.15, 0.2) is 24.3 Å². The highest BCUT2D eigenvalue weighted by Crippen LogP contribution is 2.17. The van der Waals surface area contributed by atoms with Gasteiger partial charge in [0.2, 0.25) is 0 Å². The summed E-state index contributed by atoms with van der Waals surface area (Å²) >= 11 is 0. The monoisotopic (exact) mass is 957 g/mol. The average Bonchev–Trinajstić information content (AvgIpc) is 3.34. The van der Waals surface area contributed by atoms with Crippen molar-refractivity contribution < 1.29 is 28.6 Å². The minimum absolute atomic E-state index is 0.0665. The first-order valence-corrected chi connectivity index (χ1v) is 30.3. The molecule has 0 aliphatic carbocycles. The first kappa shape index (κ1) is 65.9. The van der Waals surface area contributed by atoms with E-state index in [0.717, 1.165) is 64.2 Å². The van der Waals surface area contributed by atoms with Crippen LogP contribution in [-0.2, 0) is 28.6 Å². The molecule has 0 amide bonds. The van der Waals surface area contributed by atoms with E-state index >= 15 is 0 Å². The van der Waals surface area contributed by atoms with Crippen molar-refractivity contribution in [2.24, 2.45) is 0 Å². The van der Waals surface area contributed by atoms with Gasteiger partial charge in [-0.2, -0.15) is 0 Å². The molecule has 0 radical (unpaired) electrons. The van der Waals surface area contributed by atoms with E-state index in [1.807, 2.05) is 0 Å². The summed E-state index contributed by atoms with van der Waals surface area (Å²) in [5.41, 5.74) is 0. The van der Waals surface area contributed by atoms with Crippen molar-refractivity contribution in [2.75, 3.05) is 13.2 Å². The molecule has 0 N–H and O–H groups in total. The van der Waals surface area contributed by atoms with Crippen LogP contribution in [0, 0.1) is 0 Å². The fraction of sp³-hybridized carbons (Fsp3) is 0.887. The molecule has 0 bridgehead atoms. The van der Waals surface area contributed by atoms with Crippen LogP contribution >= 0.6 is 0 Å². The Balaban J connectivity index is 4.30. The highest BCUT2D eigenvalue weighted by molar-refractivity contribution is 5.71. The summed E-state index contributed by atoms with van der Waals surface area (Å²) in [6.07, 6.45) is 67.4. The Labute approximate surface area is 423 Å². The summed E-state index contributed by atoms with van der Waals surface area (Å²) < 4.78 is 16.9. The van der Waals surface area contributed by atoms with Gasteiger partial charge in [-0.1, -0.05) is 289 Å². The van der Waals surface area contributed by atoms with Crippen LogP contribution in [0.3, 0.4) is 0 Å². The average molecular weight is 958 g/mol. The van der Waals surface area contributed by atoms with E-state index < -0.39 is 6.10 Å². The zero-order valence-electron chi connectivity index (χ0n) is 45.9. The van der Waals surface area contributed by atoms with Crippen molar-refractivity contribution in [3.05, 3.63) is 24.3 Å². The normalized spacial score (nSPS) is 12.1. The van der Waals surface area contributed by atoms with Crippen molar-refractivity contribution >= 4 is 17.9 Å². The summed E-state index contributed by atoms with van der Waals surface area (Å²) in [5, 5.41) is 0. The SMILES string of the molecule is CCCCC/C=C/C/C=C/CCCCCCCCCCCC(=O)OC[C@@H](COC(=O)CCCCCCCCCCCCCCC)OC(=O)CCCCCCCCCCCCCCCCCCCC. The van der Waals surface area contributed by atoms with Gasteiger partial charge in [-0.15, -0.1) is 0 Å². The molecule has 0 aliphatic rings. The third kappa shape index (κ3) is 54.8. The number of ether oxygens (including phenoxy) is 3. The summed E-state index contributed by atoms with van der Waals surface area (Å²) in [7, 11) is 0. The molecule has 0 spiro atoms. The molecular weight excluding hydrogens is 841 g/mol. The Kier molecular flexibility index (Phi) is 55.7. The molecule has 0 unspecified atom stereocenters. The van der Waals surface area contributed by atoms with Crippen molar-refractivity contribution in [3.63, 3.8) is 0 Å². The van der Waals surface area contributed by atoms with Gasteiger partial charge in [0.1, 0.15) is 13.2 Å². The Morgan fingerprint density at radius 2 is 0.529 bits per heavy atom. The van der Waals surface area contributed by atoms with Crippen molar-refractivity contribution in [2.45, 2.75) is 341 Å². The van der Waals surface area contributed by atoms with Crippen LogP contribution in [-0.4, -0.2) is 37.2 Å². The fourth-order valence-corrected chi connectivity index (χ4v) is 9.12. The summed E-state index contributed by atoms with van der Waals surface area (Å²) in [5.74, 6) is -0.846. The van der Waals surface area contributed by atoms with Crippen molar-refractivity contribution in [1.82, 2.24) is 0 Å². The number of allylic oxidation sites excluding steroid dienone is 4. The number of carbonyl (C=O) groups excluding carboxylic acids is 3. The van der Waals surface area contributed by atoms with Gasteiger partial charge in [0.25, 0.3) is 0 Å². The Morgan fingerprint density at radius 1 is 0.294 bits per heavy atom. The molecule has 0 aromatic rings. The fourth-order valence-electron chi connectivity index (χ4n) is 9.12. The summed E-state index contributed by atoms with van der Waals surface area (Å²) in [4.78, 5) is 38.2. The second-order valence-electron chi connectivity index (χ2n) is 20.6. The molecule has 0 aliphatic heterocycles. The van der Waals surface area contributed by atoms with Crippen LogP contribution in [0.1, 0.15) is 335 Å². The standard InChI is InChI=1S/C62H116O6/c1-4-7-10-13-16-19-22-25-27-29-31-33-34-37-40-43-46-49-52-55-61(64)67-58-59(57-66-60(63)54-51-48-45-42-39-36-24-21-18-15-12-9-6-3)68-62(65)56-53-50-47-44-41-38-35-32-30-28-26-23-20-17-14-11-8-5-2/h16,19,25,27,59H,4-15,17-18,20-24,26,28-58H2,1-3H3/b19-16+,27-25+/t59-/m1/s1. The van der Waals surface area contributed by atoms with Crippen LogP contribution in [0.4, 0.5) is 0 Å². The van der Waals surface area contributed by atoms with E-state index in [-0.39, 0.29) is 31.1 Å². The van der Waals surface area contributed by atoms with Gasteiger partial charge in [0, 0.05) is 19.3 Å². The van der Waals surface area contributed by atoms with E-state index in [4.69, 9.17) is 14.2 Å². The van der Waals surface area contributed by atoms with Crippen molar-refractivity contribution in [1.29, 1.82) is 0 Å². The van der Waals surface area contributed by atoms with Crippen molar-refractivity contribution in [3.8, 4) is 0 Å². The number of esters is 3. The second-order valence-corrected chi connectivity index (χ2v) is 20.6. The molecule has 0 saturated carbocycles. The van der Waals surface area contributed by atoms with Crippen LogP contribution in [0.5, 0.6) is 0 Å². The Bertz CT molecular complexity index is 1100. The zero-order valence-corrected chi connectivity index (χ0v) is 45.9. The topological polar surface area (TPSA) is 78.9 Å². The van der Waals surface area contributed by atoms with Gasteiger partial charge in [0.05, 0.1) is 0 Å². The lowest BCUT2D eigenvalue weighted by Crippen LogP contribution is -2.30. The number of hydrogen-bond acceptors (Lipinski definition) is 6. The lowest BCUT2D eigenvalue weighted by molar-refractivity contribution is -0.167. The minimum Gasteiger partial charge on any atom is -0.462 e. The first-order chi connectivity index (χ1) is 33.5.